The van der Waals surface area contributed by atoms with E-state index < -0.39 is 11.7 Å². The highest BCUT2D eigenvalue weighted by atomic mass is 32.1. The van der Waals surface area contributed by atoms with Crippen molar-refractivity contribution in [3.05, 3.63) is 29.3 Å². The Balaban J connectivity index is 2.31. The fourth-order valence-electron chi connectivity index (χ4n) is 2.55. The summed E-state index contributed by atoms with van der Waals surface area (Å²) >= 11 is 4.78. The van der Waals surface area contributed by atoms with Gasteiger partial charge in [0.2, 0.25) is 0 Å². The van der Waals surface area contributed by atoms with Crippen LogP contribution in [0.25, 0.3) is 0 Å². The highest BCUT2D eigenvalue weighted by Gasteiger charge is 2.34. The molecule has 0 aliphatic carbocycles. The van der Waals surface area contributed by atoms with Gasteiger partial charge in [-0.2, -0.15) is 13.2 Å². The molecule has 1 fully saturated rings. The van der Waals surface area contributed by atoms with Gasteiger partial charge in [-0.25, -0.2) is 0 Å². The summed E-state index contributed by atoms with van der Waals surface area (Å²) in [6.07, 6.45) is -2.42. The minimum absolute atomic E-state index is 0.0974. The smallest absolute Gasteiger partial charge is 0.389 e. The van der Waals surface area contributed by atoms with E-state index in [1.165, 1.54) is 12.1 Å². The molecule has 0 amide bonds. The number of hydrogen-bond donors (Lipinski definition) is 1. The summed E-state index contributed by atoms with van der Waals surface area (Å²) in [6.45, 7) is 6.07. The molecule has 2 rings (SSSR count). The highest BCUT2D eigenvalue weighted by molar-refractivity contribution is 7.80. The average molecular weight is 316 g/mol. The van der Waals surface area contributed by atoms with E-state index in [2.05, 4.69) is 18.7 Å². The number of hydrogen-bond acceptors (Lipinski definition) is 2. The maximum absolute atomic E-state index is 13.0. The van der Waals surface area contributed by atoms with E-state index in [1.54, 1.807) is 0 Å². The van der Waals surface area contributed by atoms with Crippen molar-refractivity contribution in [3.8, 4) is 0 Å². The summed E-state index contributed by atoms with van der Waals surface area (Å²) in [6, 6.07) is 4.04. The van der Waals surface area contributed by atoms with Crippen LogP contribution in [0.3, 0.4) is 0 Å². The van der Waals surface area contributed by atoms with Crippen LogP contribution in [0.15, 0.2) is 18.2 Å². The first-order valence-corrected chi connectivity index (χ1v) is 7.27. The van der Waals surface area contributed by atoms with Gasteiger partial charge in [0.1, 0.15) is 4.99 Å². The van der Waals surface area contributed by atoms with E-state index in [0.29, 0.717) is 0 Å². The number of nitrogens with zero attached hydrogens (tertiary/aromatic N) is 1. The zero-order valence-electron chi connectivity index (χ0n) is 12.1. The molecule has 0 unspecified atom stereocenters. The molecule has 116 valence electrons. The van der Waals surface area contributed by atoms with Crippen molar-refractivity contribution in [1.29, 1.82) is 0 Å². The molecule has 0 spiro atoms. The molecule has 0 aromatic heterocycles. The molecular formula is C15H19F3N2S. The Morgan fingerprint density at radius 2 is 1.81 bits per heavy atom. The van der Waals surface area contributed by atoms with E-state index in [0.717, 1.165) is 37.7 Å². The Bertz CT molecular complexity index is 542. The first-order valence-electron chi connectivity index (χ1n) is 6.86. The molecule has 0 bridgehead atoms. The number of benzene rings is 1. The summed E-state index contributed by atoms with van der Waals surface area (Å²) in [5.74, 6) is 0. The van der Waals surface area contributed by atoms with Crippen LogP contribution >= 0.6 is 12.2 Å². The molecule has 2 N–H and O–H groups in total. The van der Waals surface area contributed by atoms with Gasteiger partial charge in [0.25, 0.3) is 0 Å². The second kappa shape index (κ2) is 5.48. The first-order chi connectivity index (χ1) is 9.60. The van der Waals surface area contributed by atoms with Gasteiger partial charge in [-0.05, 0) is 36.5 Å². The van der Waals surface area contributed by atoms with Crippen molar-refractivity contribution in [3.63, 3.8) is 0 Å². The minimum atomic E-state index is -4.44. The van der Waals surface area contributed by atoms with Crippen molar-refractivity contribution in [2.75, 3.05) is 18.0 Å². The van der Waals surface area contributed by atoms with Gasteiger partial charge in [0, 0.05) is 24.3 Å². The van der Waals surface area contributed by atoms with E-state index in [-0.39, 0.29) is 16.0 Å². The largest absolute Gasteiger partial charge is 0.417 e. The molecule has 21 heavy (non-hydrogen) atoms. The normalized spacial score (nSPS) is 18.6. The number of alkyl halides is 3. The molecule has 1 heterocycles. The molecule has 1 saturated heterocycles. The van der Waals surface area contributed by atoms with E-state index in [1.807, 2.05) is 0 Å². The van der Waals surface area contributed by atoms with Crippen molar-refractivity contribution in [1.82, 2.24) is 0 Å². The fourth-order valence-corrected chi connectivity index (χ4v) is 2.72. The lowest BCUT2D eigenvalue weighted by atomic mass is 9.82. The van der Waals surface area contributed by atoms with Crippen LogP contribution in [0.1, 0.15) is 37.8 Å². The van der Waals surface area contributed by atoms with Crippen molar-refractivity contribution >= 4 is 22.9 Å². The molecule has 6 heteroatoms. The summed E-state index contributed by atoms with van der Waals surface area (Å²) in [5.41, 5.74) is 5.64. The van der Waals surface area contributed by atoms with Gasteiger partial charge in [0.15, 0.2) is 0 Å². The van der Waals surface area contributed by atoms with Crippen molar-refractivity contribution in [2.45, 2.75) is 32.9 Å². The number of rotatable bonds is 2. The maximum Gasteiger partial charge on any atom is 0.417 e. The number of nitrogens with two attached hydrogens (primary N) is 1. The van der Waals surface area contributed by atoms with Gasteiger partial charge >= 0.3 is 6.18 Å². The van der Waals surface area contributed by atoms with Crippen LogP contribution in [0.2, 0.25) is 0 Å². The summed E-state index contributed by atoms with van der Waals surface area (Å²) in [4.78, 5) is 1.87. The lowest BCUT2D eigenvalue weighted by molar-refractivity contribution is -0.137. The van der Waals surface area contributed by atoms with Gasteiger partial charge < -0.3 is 10.6 Å². The zero-order valence-corrected chi connectivity index (χ0v) is 12.9. The Labute approximate surface area is 128 Å². The van der Waals surface area contributed by atoms with E-state index in [9.17, 15) is 13.2 Å². The molecule has 2 nitrogen and oxygen atoms in total. The third kappa shape index (κ3) is 3.67. The fraction of sp³-hybridized carbons (Fsp3) is 0.533. The second-order valence-corrected chi connectivity index (χ2v) is 6.68. The zero-order chi connectivity index (χ0) is 15.8. The number of halogens is 3. The molecule has 0 radical (unpaired) electrons. The predicted molar refractivity (Wildman–Crippen MR) is 82.6 cm³/mol. The molecule has 1 aromatic carbocycles. The quantitative estimate of drug-likeness (QED) is 0.837. The van der Waals surface area contributed by atoms with Gasteiger partial charge in [-0.1, -0.05) is 26.1 Å². The lowest BCUT2D eigenvalue weighted by Gasteiger charge is -2.38. The maximum atomic E-state index is 13.0. The Hall–Kier alpha value is -1.30. The molecule has 0 saturated carbocycles. The SMILES string of the molecule is CC1(C)CCN(c2ccc(C(F)(F)F)c(C(N)=S)c2)CC1. The number of anilines is 1. The van der Waals surface area contributed by atoms with Gasteiger partial charge in [0.05, 0.1) is 5.56 Å². The van der Waals surface area contributed by atoms with Crippen LogP contribution in [-0.4, -0.2) is 18.1 Å². The predicted octanol–water partition coefficient (Wildman–Crippen LogP) is 3.97. The van der Waals surface area contributed by atoms with Crippen LogP contribution in [-0.2, 0) is 6.18 Å². The number of piperidine rings is 1. The van der Waals surface area contributed by atoms with Crippen molar-refractivity contribution < 1.29 is 13.2 Å². The van der Waals surface area contributed by atoms with Crippen LogP contribution < -0.4 is 10.6 Å². The minimum Gasteiger partial charge on any atom is -0.389 e. The first kappa shape index (κ1) is 16.1. The molecule has 1 aromatic rings. The van der Waals surface area contributed by atoms with Crippen LogP contribution in [0, 0.1) is 5.41 Å². The topological polar surface area (TPSA) is 29.3 Å². The van der Waals surface area contributed by atoms with E-state index >= 15 is 0 Å². The molecule has 1 aliphatic heterocycles. The van der Waals surface area contributed by atoms with Gasteiger partial charge in [-0.3, -0.25) is 0 Å². The summed E-state index contributed by atoms with van der Waals surface area (Å²) in [5, 5.41) is 0. The molecule has 0 atom stereocenters. The Morgan fingerprint density at radius 1 is 1.24 bits per heavy atom. The average Bonchev–Trinajstić information content (AvgIpc) is 2.37. The van der Waals surface area contributed by atoms with Crippen molar-refractivity contribution in [2.24, 2.45) is 11.1 Å². The summed E-state index contributed by atoms with van der Waals surface area (Å²) < 4.78 is 38.9. The highest BCUT2D eigenvalue weighted by Crippen LogP contribution is 2.36. The Kier molecular flexibility index (Phi) is 4.19. The van der Waals surface area contributed by atoms with E-state index in [4.69, 9.17) is 18.0 Å². The van der Waals surface area contributed by atoms with Crippen LogP contribution in [0.5, 0.6) is 0 Å². The summed E-state index contributed by atoms with van der Waals surface area (Å²) in [7, 11) is 0. The monoisotopic (exact) mass is 316 g/mol. The second-order valence-electron chi connectivity index (χ2n) is 6.24. The third-order valence-corrected chi connectivity index (χ3v) is 4.28. The lowest BCUT2D eigenvalue weighted by Crippen LogP contribution is -2.37. The Morgan fingerprint density at radius 3 is 2.29 bits per heavy atom. The number of thiocarbonyl (C=S) groups is 1. The molecule has 1 aliphatic rings. The van der Waals surface area contributed by atoms with Crippen LogP contribution in [0.4, 0.5) is 18.9 Å². The molecular weight excluding hydrogens is 297 g/mol. The standard InChI is InChI=1S/C15H19F3N2S/c1-14(2)5-7-20(8-6-14)10-3-4-12(15(16,17)18)11(9-10)13(19)21/h3-4,9H,5-8H2,1-2H3,(H2,19,21). The van der Waals surface area contributed by atoms with Gasteiger partial charge in [-0.15, -0.1) is 0 Å². The third-order valence-electron chi connectivity index (χ3n) is 4.06.